The minimum absolute atomic E-state index is 0.779. The summed E-state index contributed by atoms with van der Waals surface area (Å²) in [5.41, 5.74) is 7.36. The summed E-state index contributed by atoms with van der Waals surface area (Å²) in [6.07, 6.45) is 13.9. The van der Waals surface area contributed by atoms with Crippen LogP contribution in [0.1, 0.15) is 101 Å². The summed E-state index contributed by atoms with van der Waals surface area (Å²) in [7, 11) is 0. The van der Waals surface area contributed by atoms with Crippen LogP contribution in [0.4, 0.5) is 0 Å². The Balaban J connectivity index is 2.55. The molecule has 0 aliphatic carbocycles. The second-order valence-corrected chi connectivity index (χ2v) is 8.45. The Bertz CT molecular complexity index is 520. The van der Waals surface area contributed by atoms with Gasteiger partial charge in [0.25, 0.3) is 0 Å². The van der Waals surface area contributed by atoms with E-state index in [0.29, 0.717) is 0 Å². The summed E-state index contributed by atoms with van der Waals surface area (Å²) in [4.78, 5) is 0. The van der Waals surface area contributed by atoms with E-state index in [1.165, 1.54) is 86.6 Å². The third-order valence-electron chi connectivity index (χ3n) is 5.72. The zero-order chi connectivity index (χ0) is 20.1. The van der Waals surface area contributed by atoms with Crippen LogP contribution in [-0.4, -0.2) is 6.54 Å². The van der Waals surface area contributed by atoms with Crippen molar-refractivity contribution in [2.45, 2.75) is 105 Å². The van der Waals surface area contributed by atoms with E-state index in [-0.39, 0.29) is 0 Å². The fraction of sp³-hybridized carbons (Fsp3) is 0.692. The lowest BCUT2D eigenvalue weighted by Gasteiger charge is -2.19. The van der Waals surface area contributed by atoms with Crippen LogP contribution in [0.3, 0.4) is 0 Å². The molecule has 0 aliphatic heterocycles. The van der Waals surface area contributed by atoms with Crippen molar-refractivity contribution in [2.24, 2.45) is 5.92 Å². The second-order valence-electron chi connectivity index (χ2n) is 8.45. The zero-order valence-electron chi connectivity index (χ0n) is 18.9. The van der Waals surface area contributed by atoms with Gasteiger partial charge in [-0.3, -0.25) is 0 Å². The molecular weight excluding hydrogens is 326 g/mol. The van der Waals surface area contributed by atoms with Gasteiger partial charge in [0, 0.05) is 12.2 Å². The predicted molar refractivity (Wildman–Crippen MR) is 123 cm³/mol. The van der Waals surface area contributed by atoms with E-state index >= 15 is 0 Å². The number of unbranched alkanes of at least 4 members (excludes halogenated alkanes) is 2. The highest BCUT2D eigenvalue weighted by Crippen LogP contribution is 2.25. The van der Waals surface area contributed by atoms with Crippen LogP contribution in [0.25, 0.3) is 0 Å². The first-order valence-electron chi connectivity index (χ1n) is 11.5. The highest BCUT2D eigenvalue weighted by molar-refractivity contribution is 5.38. The Morgan fingerprint density at radius 3 is 2.19 bits per heavy atom. The van der Waals surface area contributed by atoms with Crippen molar-refractivity contribution in [3.63, 3.8) is 0 Å². The van der Waals surface area contributed by atoms with Crippen molar-refractivity contribution in [1.29, 1.82) is 0 Å². The molecule has 154 valence electrons. The Hall–Kier alpha value is -1.24. The Kier molecular flexibility index (Phi) is 12.2. The number of benzene rings is 1. The van der Waals surface area contributed by atoms with Crippen molar-refractivity contribution in [3.05, 3.63) is 46.7 Å². The van der Waals surface area contributed by atoms with E-state index in [4.69, 9.17) is 0 Å². The Morgan fingerprint density at radius 1 is 0.889 bits per heavy atom. The molecule has 0 aromatic heterocycles. The molecule has 0 bridgehead atoms. The first-order chi connectivity index (χ1) is 13.0. The quantitative estimate of drug-likeness (QED) is 0.312. The lowest BCUT2D eigenvalue weighted by molar-refractivity contribution is 0.419. The average molecular weight is 372 g/mol. The smallest absolute Gasteiger partial charge is 0.0141 e. The normalized spacial score (nSPS) is 12.2. The topological polar surface area (TPSA) is 12.0 Å². The highest BCUT2D eigenvalue weighted by atomic mass is 14.9. The third-order valence-corrected chi connectivity index (χ3v) is 5.72. The average Bonchev–Trinajstić information content (AvgIpc) is 2.62. The van der Waals surface area contributed by atoms with Crippen LogP contribution in [0, 0.1) is 19.8 Å². The van der Waals surface area contributed by atoms with Crippen LogP contribution in [0.5, 0.6) is 0 Å². The third kappa shape index (κ3) is 9.49. The van der Waals surface area contributed by atoms with Gasteiger partial charge in [-0.2, -0.15) is 0 Å². The van der Waals surface area contributed by atoms with Gasteiger partial charge in [-0.15, -0.1) is 0 Å². The standard InChI is InChI=1S/C26H45N/c1-7-10-11-14-25-18-21(4)26(22(5)19-25)16-12-15-24(13-8-2)20-23(6)27-17-9-3/h18-19,24,27H,6-17,20H2,1-5H3. The van der Waals surface area contributed by atoms with Crippen molar-refractivity contribution in [1.82, 2.24) is 5.32 Å². The molecule has 0 spiro atoms. The molecule has 0 aliphatic rings. The largest absolute Gasteiger partial charge is 0.389 e. The molecule has 1 heteroatoms. The summed E-state index contributed by atoms with van der Waals surface area (Å²) in [6, 6.07) is 4.88. The predicted octanol–water partition coefficient (Wildman–Crippen LogP) is 7.68. The molecule has 1 rings (SSSR count). The van der Waals surface area contributed by atoms with Crippen LogP contribution < -0.4 is 5.32 Å². The van der Waals surface area contributed by atoms with Crippen LogP contribution in [-0.2, 0) is 12.8 Å². The number of allylic oxidation sites excluding steroid dienone is 1. The molecule has 1 aromatic rings. The Morgan fingerprint density at radius 2 is 1.59 bits per heavy atom. The zero-order valence-corrected chi connectivity index (χ0v) is 18.9. The van der Waals surface area contributed by atoms with Crippen molar-refractivity contribution < 1.29 is 0 Å². The van der Waals surface area contributed by atoms with Gasteiger partial charge in [-0.1, -0.05) is 65.2 Å². The van der Waals surface area contributed by atoms with Gasteiger partial charge in [-0.05, 0) is 87.0 Å². The summed E-state index contributed by atoms with van der Waals surface area (Å²) in [5, 5.41) is 3.48. The van der Waals surface area contributed by atoms with Gasteiger partial charge in [0.15, 0.2) is 0 Å². The first-order valence-corrected chi connectivity index (χ1v) is 11.5. The molecule has 0 saturated heterocycles. The SMILES string of the molecule is C=C(CC(CCC)CCCc1c(C)cc(CCCCC)cc1C)NCCC. The summed E-state index contributed by atoms with van der Waals surface area (Å²) in [5.74, 6) is 0.779. The fourth-order valence-corrected chi connectivity index (χ4v) is 4.25. The molecule has 1 N–H and O–H groups in total. The minimum atomic E-state index is 0.779. The van der Waals surface area contributed by atoms with E-state index in [1.54, 1.807) is 5.56 Å². The number of aryl methyl sites for hydroxylation is 3. The minimum Gasteiger partial charge on any atom is -0.389 e. The van der Waals surface area contributed by atoms with Crippen molar-refractivity contribution in [3.8, 4) is 0 Å². The van der Waals surface area contributed by atoms with E-state index in [1.807, 2.05) is 0 Å². The maximum Gasteiger partial charge on any atom is 0.0141 e. The Labute approximate surface area is 170 Å². The lowest BCUT2D eigenvalue weighted by Crippen LogP contribution is -2.16. The highest BCUT2D eigenvalue weighted by Gasteiger charge is 2.11. The van der Waals surface area contributed by atoms with Gasteiger partial charge in [0.1, 0.15) is 0 Å². The fourth-order valence-electron chi connectivity index (χ4n) is 4.25. The van der Waals surface area contributed by atoms with Gasteiger partial charge in [-0.25, -0.2) is 0 Å². The molecule has 0 saturated carbocycles. The number of hydrogen-bond acceptors (Lipinski definition) is 1. The van der Waals surface area contributed by atoms with Crippen molar-refractivity contribution >= 4 is 0 Å². The summed E-state index contributed by atoms with van der Waals surface area (Å²) in [6.45, 7) is 16.7. The maximum atomic E-state index is 4.24. The summed E-state index contributed by atoms with van der Waals surface area (Å²) < 4.78 is 0. The lowest BCUT2D eigenvalue weighted by atomic mass is 9.89. The van der Waals surface area contributed by atoms with E-state index in [0.717, 1.165) is 18.9 Å². The van der Waals surface area contributed by atoms with Gasteiger partial charge >= 0.3 is 0 Å². The van der Waals surface area contributed by atoms with Crippen molar-refractivity contribution in [2.75, 3.05) is 6.54 Å². The summed E-state index contributed by atoms with van der Waals surface area (Å²) >= 11 is 0. The van der Waals surface area contributed by atoms with Gasteiger partial charge < -0.3 is 5.32 Å². The molecular formula is C26H45N. The van der Waals surface area contributed by atoms with Crippen LogP contribution >= 0.6 is 0 Å². The van der Waals surface area contributed by atoms with E-state index < -0.39 is 0 Å². The van der Waals surface area contributed by atoms with Crippen LogP contribution in [0.15, 0.2) is 24.4 Å². The molecule has 0 fully saturated rings. The number of hydrogen-bond donors (Lipinski definition) is 1. The van der Waals surface area contributed by atoms with E-state index in [9.17, 15) is 0 Å². The molecule has 0 radical (unpaired) electrons. The molecule has 1 atom stereocenters. The first kappa shape index (κ1) is 23.8. The molecule has 0 heterocycles. The van der Waals surface area contributed by atoms with E-state index in [2.05, 4.69) is 58.6 Å². The molecule has 1 nitrogen and oxygen atoms in total. The van der Waals surface area contributed by atoms with Gasteiger partial charge in [0.05, 0.1) is 0 Å². The van der Waals surface area contributed by atoms with Crippen LogP contribution in [0.2, 0.25) is 0 Å². The number of rotatable bonds is 15. The number of nitrogens with one attached hydrogen (secondary N) is 1. The molecule has 1 unspecified atom stereocenters. The molecule has 0 amide bonds. The molecule has 27 heavy (non-hydrogen) atoms. The monoisotopic (exact) mass is 371 g/mol. The van der Waals surface area contributed by atoms with Gasteiger partial charge in [0.2, 0.25) is 0 Å². The molecule has 1 aromatic carbocycles. The second kappa shape index (κ2) is 13.9. The maximum absolute atomic E-state index is 4.24.